The molecule has 3 amide bonds. The fraction of sp³-hybridized carbons (Fsp3) is 0.556. The van der Waals surface area contributed by atoms with Crippen molar-refractivity contribution in [2.24, 2.45) is 5.92 Å². The van der Waals surface area contributed by atoms with E-state index in [-0.39, 0.29) is 11.9 Å². The third-order valence-corrected chi connectivity index (χ3v) is 4.98. The van der Waals surface area contributed by atoms with Crippen molar-refractivity contribution in [3.63, 3.8) is 0 Å². The number of anilines is 1. The Kier molecular flexibility index (Phi) is 4.39. The monoisotopic (exact) mass is 331 g/mol. The van der Waals surface area contributed by atoms with Crippen LogP contribution in [-0.2, 0) is 10.2 Å². The highest BCUT2D eigenvalue weighted by Crippen LogP contribution is 2.45. The van der Waals surface area contributed by atoms with Gasteiger partial charge in [0.25, 0.3) is 0 Å². The molecule has 2 heterocycles. The van der Waals surface area contributed by atoms with Crippen LogP contribution in [0.25, 0.3) is 0 Å². The van der Waals surface area contributed by atoms with Gasteiger partial charge in [-0.25, -0.2) is 4.79 Å². The van der Waals surface area contributed by atoms with Gasteiger partial charge in [0.2, 0.25) is 5.91 Å². The molecule has 24 heavy (non-hydrogen) atoms. The van der Waals surface area contributed by atoms with Crippen LogP contribution in [0.5, 0.6) is 5.75 Å². The van der Waals surface area contributed by atoms with Gasteiger partial charge in [-0.05, 0) is 42.5 Å². The van der Waals surface area contributed by atoms with Gasteiger partial charge in [0, 0.05) is 25.3 Å². The lowest BCUT2D eigenvalue weighted by atomic mass is 9.81. The Bertz CT molecular complexity index is 659. The number of nitrogens with zero attached hydrogens (tertiary/aromatic N) is 1. The summed E-state index contributed by atoms with van der Waals surface area (Å²) in [6.07, 6.45) is 1.59. The number of rotatable bonds is 4. The smallest absolute Gasteiger partial charge is 0.317 e. The van der Waals surface area contributed by atoms with Crippen molar-refractivity contribution in [2.75, 3.05) is 32.1 Å². The molecule has 130 valence electrons. The van der Waals surface area contributed by atoms with Crippen molar-refractivity contribution >= 4 is 17.6 Å². The van der Waals surface area contributed by atoms with E-state index in [0.717, 1.165) is 23.4 Å². The zero-order valence-corrected chi connectivity index (χ0v) is 14.5. The molecule has 0 aliphatic carbocycles. The standard InChI is InChI=1S/C18H25N3O3/c1-12(2)6-8-19-17(23)21-9-7-18(11-21)14-10-13(24-3)4-5-15(14)20-16(18)22/h4-5,10,12H,6-9,11H2,1-3H3,(H,19,23)(H,20,22)/t18-/m1/s1. The number of carbonyl (C=O) groups is 2. The summed E-state index contributed by atoms with van der Waals surface area (Å²) in [4.78, 5) is 26.7. The molecule has 0 radical (unpaired) electrons. The minimum absolute atomic E-state index is 0.0248. The first kappa shape index (κ1) is 16.6. The molecule has 0 saturated carbocycles. The molecule has 6 heteroatoms. The second-order valence-corrected chi connectivity index (χ2v) is 7.03. The highest BCUT2D eigenvalue weighted by Gasteiger charge is 2.52. The number of likely N-dealkylation sites (tertiary alicyclic amines) is 1. The predicted molar refractivity (Wildman–Crippen MR) is 92.3 cm³/mol. The van der Waals surface area contributed by atoms with E-state index < -0.39 is 5.41 Å². The molecule has 1 atom stereocenters. The number of hydrogen-bond donors (Lipinski definition) is 2. The number of fused-ring (bicyclic) bond motifs is 2. The van der Waals surface area contributed by atoms with E-state index in [1.807, 2.05) is 18.2 Å². The summed E-state index contributed by atoms with van der Waals surface area (Å²) in [6, 6.07) is 5.53. The molecule has 2 N–H and O–H groups in total. The van der Waals surface area contributed by atoms with Gasteiger partial charge in [0.05, 0.1) is 12.5 Å². The highest BCUT2D eigenvalue weighted by molar-refractivity contribution is 6.07. The summed E-state index contributed by atoms with van der Waals surface area (Å²) in [6.45, 7) is 5.91. The minimum atomic E-state index is -0.654. The maximum atomic E-state index is 12.6. The number of carbonyl (C=O) groups excluding carboxylic acids is 2. The molecule has 0 aromatic heterocycles. The average molecular weight is 331 g/mol. The summed E-state index contributed by atoms with van der Waals surface area (Å²) in [5.41, 5.74) is 1.10. The number of nitrogens with one attached hydrogen (secondary N) is 2. The first-order chi connectivity index (χ1) is 11.5. The molecule has 0 bridgehead atoms. The Balaban J connectivity index is 1.74. The van der Waals surface area contributed by atoms with Crippen LogP contribution in [-0.4, -0.2) is 43.6 Å². The van der Waals surface area contributed by atoms with Crippen molar-refractivity contribution in [3.8, 4) is 5.75 Å². The maximum absolute atomic E-state index is 12.6. The zero-order chi connectivity index (χ0) is 17.3. The molecule has 2 aliphatic heterocycles. The SMILES string of the molecule is COc1ccc2c(c1)[C@]1(CCN(C(=O)NCCC(C)C)C1)C(=O)N2. The first-order valence-corrected chi connectivity index (χ1v) is 8.49. The molecule has 1 saturated heterocycles. The van der Waals surface area contributed by atoms with Gasteiger partial charge in [-0.1, -0.05) is 13.8 Å². The van der Waals surface area contributed by atoms with E-state index >= 15 is 0 Å². The largest absolute Gasteiger partial charge is 0.497 e. The summed E-state index contributed by atoms with van der Waals surface area (Å²) < 4.78 is 5.30. The second-order valence-electron chi connectivity index (χ2n) is 7.03. The van der Waals surface area contributed by atoms with Gasteiger partial charge in [-0.15, -0.1) is 0 Å². The number of methoxy groups -OCH3 is 1. The molecule has 1 aromatic rings. The van der Waals surface area contributed by atoms with Gasteiger partial charge in [0.1, 0.15) is 5.75 Å². The van der Waals surface area contributed by atoms with Crippen LogP contribution < -0.4 is 15.4 Å². The Morgan fingerprint density at radius 1 is 1.46 bits per heavy atom. The normalized spacial score (nSPS) is 22.0. The predicted octanol–water partition coefficient (Wildman–Crippen LogP) is 2.35. The Morgan fingerprint density at radius 3 is 2.96 bits per heavy atom. The van der Waals surface area contributed by atoms with E-state index in [4.69, 9.17) is 4.74 Å². The minimum Gasteiger partial charge on any atom is -0.497 e. The molecular weight excluding hydrogens is 306 g/mol. The van der Waals surface area contributed by atoms with E-state index in [9.17, 15) is 9.59 Å². The van der Waals surface area contributed by atoms with Gasteiger partial charge in [-0.3, -0.25) is 4.79 Å². The molecule has 1 fully saturated rings. The molecular formula is C18H25N3O3. The number of amides is 3. The zero-order valence-electron chi connectivity index (χ0n) is 14.5. The lowest BCUT2D eigenvalue weighted by Crippen LogP contribution is -2.43. The number of urea groups is 1. The summed E-state index contributed by atoms with van der Waals surface area (Å²) in [5.74, 6) is 1.25. The Hall–Kier alpha value is -2.24. The maximum Gasteiger partial charge on any atom is 0.317 e. The van der Waals surface area contributed by atoms with E-state index in [1.54, 1.807) is 12.0 Å². The topological polar surface area (TPSA) is 70.7 Å². The lowest BCUT2D eigenvalue weighted by molar-refractivity contribution is -0.120. The van der Waals surface area contributed by atoms with Crippen LogP contribution in [0.3, 0.4) is 0 Å². The third kappa shape index (κ3) is 2.81. The van der Waals surface area contributed by atoms with E-state index in [1.165, 1.54) is 0 Å². The first-order valence-electron chi connectivity index (χ1n) is 8.49. The van der Waals surface area contributed by atoms with Crippen LogP contribution in [0.4, 0.5) is 10.5 Å². The van der Waals surface area contributed by atoms with Crippen molar-refractivity contribution in [1.82, 2.24) is 10.2 Å². The van der Waals surface area contributed by atoms with Crippen molar-refractivity contribution in [1.29, 1.82) is 0 Å². The van der Waals surface area contributed by atoms with Crippen LogP contribution in [0.1, 0.15) is 32.3 Å². The van der Waals surface area contributed by atoms with Crippen molar-refractivity contribution in [3.05, 3.63) is 23.8 Å². The number of hydrogen-bond acceptors (Lipinski definition) is 3. The molecule has 2 aliphatic rings. The molecule has 6 nitrogen and oxygen atoms in total. The molecule has 1 spiro atoms. The number of benzene rings is 1. The fourth-order valence-electron chi connectivity index (χ4n) is 3.49. The van der Waals surface area contributed by atoms with Gasteiger partial charge in [-0.2, -0.15) is 0 Å². The molecule has 1 aromatic carbocycles. The van der Waals surface area contributed by atoms with Crippen molar-refractivity contribution < 1.29 is 14.3 Å². The Morgan fingerprint density at radius 2 is 2.25 bits per heavy atom. The quantitative estimate of drug-likeness (QED) is 0.890. The van der Waals surface area contributed by atoms with Crippen LogP contribution in [0.15, 0.2) is 18.2 Å². The fourth-order valence-corrected chi connectivity index (χ4v) is 3.49. The van der Waals surface area contributed by atoms with Crippen LogP contribution in [0.2, 0.25) is 0 Å². The summed E-state index contributed by atoms with van der Waals surface area (Å²) in [5, 5.41) is 5.90. The van der Waals surface area contributed by atoms with E-state index in [0.29, 0.717) is 32.0 Å². The van der Waals surface area contributed by atoms with Crippen LogP contribution in [0, 0.1) is 5.92 Å². The van der Waals surface area contributed by atoms with Crippen molar-refractivity contribution in [2.45, 2.75) is 32.1 Å². The summed E-state index contributed by atoms with van der Waals surface area (Å²) in [7, 11) is 1.61. The summed E-state index contributed by atoms with van der Waals surface area (Å²) >= 11 is 0. The van der Waals surface area contributed by atoms with Crippen LogP contribution >= 0.6 is 0 Å². The number of ether oxygens (including phenoxy) is 1. The van der Waals surface area contributed by atoms with Gasteiger partial charge >= 0.3 is 6.03 Å². The highest BCUT2D eigenvalue weighted by atomic mass is 16.5. The average Bonchev–Trinajstić information content (AvgIpc) is 3.11. The van der Waals surface area contributed by atoms with Gasteiger partial charge < -0.3 is 20.3 Å². The lowest BCUT2D eigenvalue weighted by Gasteiger charge is -2.23. The Labute approximate surface area is 142 Å². The van der Waals surface area contributed by atoms with Gasteiger partial charge in [0.15, 0.2) is 0 Å². The van der Waals surface area contributed by atoms with E-state index in [2.05, 4.69) is 24.5 Å². The third-order valence-electron chi connectivity index (χ3n) is 4.98. The molecule has 3 rings (SSSR count). The second kappa shape index (κ2) is 6.34. The molecule has 0 unspecified atom stereocenters.